The van der Waals surface area contributed by atoms with Gasteiger partial charge >= 0.3 is 0 Å². The van der Waals surface area contributed by atoms with E-state index in [9.17, 15) is 0 Å². The van der Waals surface area contributed by atoms with Crippen molar-refractivity contribution in [2.45, 2.75) is 39.2 Å². The van der Waals surface area contributed by atoms with Crippen LogP contribution in [0.1, 0.15) is 55.4 Å². The Balaban J connectivity index is 2.34. The highest BCUT2D eigenvalue weighted by Crippen LogP contribution is 2.31. The number of rotatable bonds is 6. The van der Waals surface area contributed by atoms with Crippen molar-refractivity contribution in [3.05, 3.63) is 50.9 Å². The summed E-state index contributed by atoms with van der Waals surface area (Å²) in [6.45, 7) is 7.45. The Morgan fingerprint density at radius 3 is 2.65 bits per heavy atom. The van der Waals surface area contributed by atoms with E-state index in [-0.39, 0.29) is 6.04 Å². The minimum Gasteiger partial charge on any atom is -0.304 e. The molecule has 2 nitrogen and oxygen atoms in total. The molecule has 4 heteroatoms. The minimum atomic E-state index is 0.0844. The van der Waals surface area contributed by atoms with E-state index in [1.165, 1.54) is 0 Å². The molecule has 1 heterocycles. The second-order valence-corrected chi connectivity index (χ2v) is 6.47. The molecule has 1 unspecified atom stereocenters. The number of benzene rings is 1. The Hall–Kier alpha value is -0.900. The fourth-order valence-electron chi connectivity index (χ4n) is 2.03. The predicted molar refractivity (Wildman–Crippen MR) is 87.8 cm³/mol. The van der Waals surface area contributed by atoms with Gasteiger partial charge in [-0.25, -0.2) is 4.98 Å². The van der Waals surface area contributed by atoms with Crippen molar-refractivity contribution in [3.63, 3.8) is 0 Å². The van der Waals surface area contributed by atoms with E-state index in [0.717, 1.165) is 34.3 Å². The van der Waals surface area contributed by atoms with Crippen molar-refractivity contribution >= 4 is 22.9 Å². The quantitative estimate of drug-likeness (QED) is 0.811. The van der Waals surface area contributed by atoms with Crippen LogP contribution in [0.2, 0.25) is 5.02 Å². The highest BCUT2D eigenvalue weighted by Gasteiger charge is 2.20. The maximum absolute atomic E-state index is 6.35. The molecule has 0 spiro atoms. The van der Waals surface area contributed by atoms with Crippen LogP contribution in [0.15, 0.2) is 29.6 Å². The lowest BCUT2D eigenvalue weighted by molar-refractivity contribution is 0.593. The van der Waals surface area contributed by atoms with Crippen LogP contribution in [0, 0.1) is 0 Å². The van der Waals surface area contributed by atoms with Crippen LogP contribution in [-0.2, 0) is 0 Å². The van der Waals surface area contributed by atoms with Gasteiger partial charge in [0, 0.05) is 10.4 Å². The van der Waals surface area contributed by atoms with Gasteiger partial charge in [-0.15, -0.1) is 11.3 Å². The van der Waals surface area contributed by atoms with E-state index < -0.39 is 0 Å². The maximum atomic E-state index is 6.35. The number of thiazole rings is 1. The molecule has 0 fully saturated rings. The van der Waals surface area contributed by atoms with Crippen molar-refractivity contribution in [1.82, 2.24) is 10.3 Å². The lowest BCUT2D eigenvalue weighted by Crippen LogP contribution is -2.23. The van der Waals surface area contributed by atoms with Gasteiger partial charge in [-0.1, -0.05) is 50.6 Å². The van der Waals surface area contributed by atoms with Crippen molar-refractivity contribution in [2.75, 3.05) is 6.54 Å². The van der Waals surface area contributed by atoms with Gasteiger partial charge in [-0.3, -0.25) is 0 Å². The summed E-state index contributed by atoms with van der Waals surface area (Å²) in [7, 11) is 0. The molecule has 0 amide bonds. The SMILES string of the molecule is CCCNC(c1nc(C(C)C)cs1)c1ccccc1Cl. The molecule has 0 aliphatic rings. The molecule has 0 aliphatic heterocycles. The van der Waals surface area contributed by atoms with E-state index in [1.807, 2.05) is 18.2 Å². The third-order valence-corrected chi connectivity index (χ3v) is 4.46. The third-order valence-electron chi connectivity index (χ3n) is 3.19. The average Bonchev–Trinajstić information content (AvgIpc) is 2.91. The highest BCUT2D eigenvalue weighted by atomic mass is 35.5. The van der Waals surface area contributed by atoms with E-state index in [4.69, 9.17) is 16.6 Å². The molecule has 2 aromatic rings. The van der Waals surface area contributed by atoms with Crippen molar-refractivity contribution < 1.29 is 0 Å². The second-order valence-electron chi connectivity index (χ2n) is 5.17. The van der Waals surface area contributed by atoms with Gasteiger partial charge in [0.25, 0.3) is 0 Å². The largest absolute Gasteiger partial charge is 0.304 e. The molecule has 0 aliphatic carbocycles. The fraction of sp³-hybridized carbons (Fsp3) is 0.438. The highest BCUT2D eigenvalue weighted by molar-refractivity contribution is 7.09. The van der Waals surface area contributed by atoms with Crippen LogP contribution in [-0.4, -0.2) is 11.5 Å². The van der Waals surface area contributed by atoms with Gasteiger partial charge in [0.05, 0.1) is 11.7 Å². The molecule has 0 saturated carbocycles. The standard InChI is InChI=1S/C16H21ClN2S/c1-4-9-18-15(12-7-5-6-8-13(12)17)16-19-14(10-20-16)11(2)3/h5-8,10-11,15,18H,4,9H2,1-3H3. The van der Waals surface area contributed by atoms with E-state index in [2.05, 4.69) is 37.5 Å². The van der Waals surface area contributed by atoms with Crippen LogP contribution in [0.4, 0.5) is 0 Å². The molecule has 1 aromatic heterocycles. The molecule has 0 bridgehead atoms. The minimum absolute atomic E-state index is 0.0844. The molecule has 0 saturated heterocycles. The van der Waals surface area contributed by atoms with Gasteiger partial charge in [-0.05, 0) is 30.5 Å². The summed E-state index contributed by atoms with van der Waals surface area (Å²) < 4.78 is 0. The molecule has 1 aromatic carbocycles. The summed E-state index contributed by atoms with van der Waals surface area (Å²) >= 11 is 8.06. The molecule has 108 valence electrons. The summed E-state index contributed by atoms with van der Waals surface area (Å²) in [5, 5.41) is 7.60. The number of nitrogens with zero attached hydrogens (tertiary/aromatic N) is 1. The predicted octanol–water partition coefficient (Wildman–Crippen LogP) is 5.01. The summed E-state index contributed by atoms with van der Waals surface area (Å²) in [5.41, 5.74) is 2.26. The van der Waals surface area contributed by atoms with Crippen LogP contribution >= 0.6 is 22.9 Å². The zero-order valence-electron chi connectivity index (χ0n) is 12.2. The first kappa shape index (κ1) is 15.5. The Morgan fingerprint density at radius 2 is 2.05 bits per heavy atom. The molecular weight excluding hydrogens is 288 g/mol. The summed E-state index contributed by atoms with van der Waals surface area (Å²) in [6, 6.07) is 8.09. The zero-order chi connectivity index (χ0) is 14.5. The lowest BCUT2D eigenvalue weighted by Gasteiger charge is -2.18. The van der Waals surface area contributed by atoms with Gasteiger partial charge < -0.3 is 5.32 Å². The number of halogens is 1. The fourth-order valence-corrected chi connectivity index (χ4v) is 3.34. The number of aromatic nitrogens is 1. The topological polar surface area (TPSA) is 24.9 Å². The first-order valence-corrected chi connectivity index (χ1v) is 8.32. The summed E-state index contributed by atoms with van der Waals surface area (Å²) in [6.07, 6.45) is 1.09. The maximum Gasteiger partial charge on any atom is 0.114 e. The van der Waals surface area contributed by atoms with Crippen LogP contribution < -0.4 is 5.32 Å². The van der Waals surface area contributed by atoms with Gasteiger partial charge in [0.1, 0.15) is 5.01 Å². The molecule has 20 heavy (non-hydrogen) atoms. The van der Waals surface area contributed by atoms with Gasteiger partial charge in [0.15, 0.2) is 0 Å². The van der Waals surface area contributed by atoms with Crippen LogP contribution in [0.5, 0.6) is 0 Å². The molecule has 2 rings (SSSR count). The Morgan fingerprint density at radius 1 is 1.30 bits per heavy atom. The zero-order valence-corrected chi connectivity index (χ0v) is 13.8. The molecule has 1 N–H and O–H groups in total. The average molecular weight is 309 g/mol. The van der Waals surface area contributed by atoms with Crippen LogP contribution in [0.25, 0.3) is 0 Å². The van der Waals surface area contributed by atoms with Gasteiger partial charge in [-0.2, -0.15) is 0 Å². The van der Waals surface area contributed by atoms with E-state index >= 15 is 0 Å². The smallest absolute Gasteiger partial charge is 0.114 e. The Bertz CT molecular complexity index is 551. The number of hydrogen-bond acceptors (Lipinski definition) is 3. The summed E-state index contributed by atoms with van der Waals surface area (Å²) in [4.78, 5) is 4.78. The Kier molecular flexibility index (Phi) is 5.58. The van der Waals surface area contributed by atoms with Crippen molar-refractivity contribution in [1.29, 1.82) is 0 Å². The number of hydrogen-bond donors (Lipinski definition) is 1. The van der Waals surface area contributed by atoms with Crippen molar-refractivity contribution in [2.24, 2.45) is 0 Å². The molecule has 1 atom stereocenters. The first-order chi connectivity index (χ1) is 9.63. The monoisotopic (exact) mass is 308 g/mol. The first-order valence-electron chi connectivity index (χ1n) is 7.06. The van der Waals surface area contributed by atoms with Crippen molar-refractivity contribution in [3.8, 4) is 0 Å². The lowest BCUT2D eigenvalue weighted by atomic mass is 10.1. The number of nitrogens with one attached hydrogen (secondary N) is 1. The van der Waals surface area contributed by atoms with E-state index in [1.54, 1.807) is 11.3 Å². The van der Waals surface area contributed by atoms with E-state index in [0.29, 0.717) is 5.92 Å². The third kappa shape index (κ3) is 3.60. The van der Waals surface area contributed by atoms with Crippen LogP contribution in [0.3, 0.4) is 0 Å². The molecular formula is C16H21ClN2S. The second kappa shape index (κ2) is 7.21. The Labute approximate surface area is 130 Å². The normalized spacial score (nSPS) is 12.8. The van der Waals surface area contributed by atoms with Gasteiger partial charge in [0.2, 0.25) is 0 Å². The molecule has 0 radical (unpaired) electrons. The summed E-state index contributed by atoms with van der Waals surface area (Å²) in [5.74, 6) is 0.457.